The molecule has 0 saturated heterocycles. The second-order valence-electron chi connectivity index (χ2n) is 5.30. The van der Waals surface area contributed by atoms with Crippen molar-refractivity contribution >= 4 is 38.6 Å². The predicted molar refractivity (Wildman–Crippen MR) is 109 cm³/mol. The molecule has 4 nitrogen and oxygen atoms in total. The number of hydrogen-bond donors (Lipinski definition) is 1. The van der Waals surface area contributed by atoms with E-state index in [4.69, 9.17) is 4.74 Å². The van der Waals surface area contributed by atoms with E-state index in [1.165, 1.54) is 11.3 Å². The van der Waals surface area contributed by atoms with Crippen molar-refractivity contribution in [2.45, 2.75) is 13.3 Å². The van der Waals surface area contributed by atoms with Crippen molar-refractivity contribution in [3.05, 3.63) is 63.9 Å². The number of hydrazone groups is 1. The third-order valence-electron chi connectivity index (χ3n) is 3.37. The molecule has 0 amide bonds. The van der Waals surface area contributed by atoms with Crippen molar-refractivity contribution in [3.63, 3.8) is 0 Å². The lowest BCUT2D eigenvalue weighted by Crippen LogP contribution is -1.99. The maximum Gasteiger partial charge on any atom is 0.203 e. The number of anilines is 1. The summed E-state index contributed by atoms with van der Waals surface area (Å²) in [5, 5.41) is 7.07. The lowest BCUT2D eigenvalue weighted by Gasteiger charge is -2.08. The quantitative estimate of drug-likeness (QED) is 0.391. The van der Waals surface area contributed by atoms with E-state index < -0.39 is 0 Å². The van der Waals surface area contributed by atoms with Gasteiger partial charge in [-0.3, -0.25) is 5.43 Å². The normalized spacial score (nSPS) is 11.0. The number of halogens is 1. The van der Waals surface area contributed by atoms with E-state index in [0.717, 1.165) is 38.6 Å². The first-order chi connectivity index (χ1) is 12.3. The first kappa shape index (κ1) is 17.6. The van der Waals surface area contributed by atoms with Gasteiger partial charge in [-0.1, -0.05) is 53.2 Å². The number of hydrogen-bond acceptors (Lipinski definition) is 5. The van der Waals surface area contributed by atoms with Crippen molar-refractivity contribution < 1.29 is 4.74 Å². The Morgan fingerprint density at radius 2 is 2.08 bits per heavy atom. The summed E-state index contributed by atoms with van der Waals surface area (Å²) >= 11 is 5.01. The standard InChI is InChI=1S/C19H18BrN3OS/c1-2-10-24-18-9-8-16(20)11-15(18)12-21-23-19-22-17(13-25-19)14-6-4-3-5-7-14/h3-9,11-13H,2,10H2,1H3,(H,22,23). The lowest BCUT2D eigenvalue weighted by molar-refractivity contribution is 0.317. The summed E-state index contributed by atoms with van der Waals surface area (Å²) in [4.78, 5) is 4.55. The van der Waals surface area contributed by atoms with Gasteiger partial charge >= 0.3 is 0 Å². The fourth-order valence-corrected chi connectivity index (χ4v) is 3.23. The summed E-state index contributed by atoms with van der Waals surface area (Å²) in [7, 11) is 0. The molecule has 128 valence electrons. The molecule has 2 aromatic carbocycles. The first-order valence-corrected chi connectivity index (χ1v) is 9.66. The minimum absolute atomic E-state index is 0.683. The Morgan fingerprint density at radius 3 is 2.88 bits per heavy atom. The van der Waals surface area contributed by atoms with Crippen LogP contribution in [0.4, 0.5) is 5.13 Å². The smallest absolute Gasteiger partial charge is 0.203 e. The van der Waals surface area contributed by atoms with Gasteiger partial charge in [-0.25, -0.2) is 4.98 Å². The van der Waals surface area contributed by atoms with Gasteiger partial charge in [0.15, 0.2) is 0 Å². The average molecular weight is 416 g/mol. The van der Waals surface area contributed by atoms with Gasteiger partial charge in [-0.2, -0.15) is 5.10 Å². The van der Waals surface area contributed by atoms with Gasteiger partial charge in [-0.05, 0) is 24.6 Å². The Kier molecular flexibility index (Phi) is 6.19. The van der Waals surface area contributed by atoms with Gasteiger partial charge in [0, 0.05) is 21.0 Å². The van der Waals surface area contributed by atoms with E-state index in [1.54, 1.807) is 6.21 Å². The van der Waals surface area contributed by atoms with Crippen LogP contribution < -0.4 is 10.2 Å². The summed E-state index contributed by atoms with van der Waals surface area (Å²) in [5.41, 5.74) is 5.94. The summed E-state index contributed by atoms with van der Waals surface area (Å²) in [6, 6.07) is 16.0. The molecule has 0 radical (unpaired) electrons. The minimum Gasteiger partial charge on any atom is -0.493 e. The van der Waals surface area contributed by atoms with E-state index in [0.29, 0.717) is 6.61 Å². The molecule has 1 heterocycles. The van der Waals surface area contributed by atoms with Gasteiger partial charge in [0.1, 0.15) is 5.75 Å². The maximum absolute atomic E-state index is 5.75. The van der Waals surface area contributed by atoms with Gasteiger partial charge in [0.25, 0.3) is 0 Å². The Morgan fingerprint density at radius 1 is 1.24 bits per heavy atom. The molecule has 0 bridgehead atoms. The highest BCUT2D eigenvalue weighted by atomic mass is 79.9. The zero-order valence-corrected chi connectivity index (χ0v) is 16.2. The van der Waals surface area contributed by atoms with E-state index in [1.807, 2.05) is 53.9 Å². The summed E-state index contributed by atoms with van der Waals surface area (Å²) in [6.07, 6.45) is 2.71. The Labute approximate surface area is 159 Å². The maximum atomic E-state index is 5.75. The van der Waals surface area contributed by atoms with Crippen LogP contribution in [0, 0.1) is 0 Å². The number of aromatic nitrogens is 1. The van der Waals surface area contributed by atoms with Crippen molar-refractivity contribution in [1.29, 1.82) is 0 Å². The molecule has 0 aliphatic rings. The number of benzene rings is 2. The fraction of sp³-hybridized carbons (Fsp3) is 0.158. The van der Waals surface area contributed by atoms with Crippen LogP contribution in [0.5, 0.6) is 5.75 Å². The van der Waals surface area contributed by atoms with Gasteiger partial charge in [-0.15, -0.1) is 11.3 Å². The molecule has 1 N–H and O–H groups in total. The lowest BCUT2D eigenvalue weighted by atomic mass is 10.2. The monoisotopic (exact) mass is 415 g/mol. The third kappa shape index (κ3) is 4.90. The molecule has 0 aliphatic heterocycles. The van der Waals surface area contributed by atoms with Crippen LogP contribution in [0.2, 0.25) is 0 Å². The fourth-order valence-electron chi connectivity index (χ4n) is 2.19. The molecule has 0 atom stereocenters. The van der Waals surface area contributed by atoms with Crippen molar-refractivity contribution in [2.75, 3.05) is 12.0 Å². The minimum atomic E-state index is 0.683. The van der Waals surface area contributed by atoms with Crippen molar-refractivity contribution in [2.24, 2.45) is 5.10 Å². The molecule has 0 aliphatic carbocycles. The summed E-state index contributed by atoms with van der Waals surface area (Å²) in [6.45, 7) is 2.77. The number of rotatable bonds is 7. The van der Waals surface area contributed by atoms with E-state index in [2.05, 4.69) is 38.4 Å². The molecule has 0 fully saturated rings. The highest BCUT2D eigenvalue weighted by Gasteiger charge is 2.04. The molecule has 6 heteroatoms. The van der Waals surface area contributed by atoms with Crippen molar-refractivity contribution in [1.82, 2.24) is 4.98 Å². The molecule has 3 aromatic rings. The SMILES string of the molecule is CCCOc1ccc(Br)cc1C=NNc1nc(-c2ccccc2)cs1. The van der Waals surface area contributed by atoms with Crippen molar-refractivity contribution in [3.8, 4) is 17.0 Å². The molecule has 0 saturated carbocycles. The Bertz CT molecular complexity index is 849. The van der Waals surface area contributed by atoms with E-state index in [9.17, 15) is 0 Å². The second kappa shape index (κ2) is 8.78. The number of nitrogens with one attached hydrogen (secondary N) is 1. The molecule has 0 unspecified atom stereocenters. The van der Waals surface area contributed by atoms with Crippen LogP contribution in [0.3, 0.4) is 0 Å². The number of thiazole rings is 1. The molecular weight excluding hydrogens is 398 g/mol. The first-order valence-electron chi connectivity index (χ1n) is 7.98. The van der Waals surface area contributed by atoms with Crippen LogP contribution in [0.1, 0.15) is 18.9 Å². The highest BCUT2D eigenvalue weighted by molar-refractivity contribution is 9.10. The second-order valence-corrected chi connectivity index (χ2v) is 7.08. The average Bonchev–Trinajstić information content (AvgIpc) is 3.11. The summed E-state index contributed by atoms with van der Waals surface area (Å²) < 4.78 is 6.74. The zero-order chi connectivity index (χ0) is 17.5. The van der Waals surface area contributed by atoms with Gasteiger partial charge < -0.3 is 4.74 Å². The van der Waals surface area contributed by atoms with Crippen LogP contribution >= 0.6 is 27.3 Å². The molecule has 3 rings (SSSR count). The largest absolute Gasteiger partial charge is 0.493 e. The topological polar surface area (TPSA) is 46.5 Å². The van der Waals surface area contributed by atoms with Crippen LogP contribution in [-0.4, -0.2) is 17.8 Å². The highest BCUT2D eigenvalue weighted by Crippen LogP contribution is 2.25. The number of ether oxygens (including phenoxy) is 1. The van der Waals surface area contributed by atoms with Crippen LogP contribution in [0.25, 0.3) is 11.3 Å². The van der Waals surface area contributed by atoms with Gasteiger partial charge in [0.2, 0.25) is 5.13 Å². The molecular formula is C19H18BrN3OS. The zero-order valence-electron chi connectivity index (χ0n) is 13.8. The molecule has 25 heavy (non-hydrogen) atoms. The number of nitrogens with zero attached hydrogens (tertiary/aromatic N) is 2. The summed E-state index contributed by atoms with van der Waals surface area (Å²) in [5.74, 6) is 0.819. The molecule has 0 spiro atoms. The van der Waals surface area contributed by atoms with E-state index in [-0.39, 0.29) is 0 Å². The van der Waals surface area contributed by atoms with Crippen LogP contribution in [-0.2, 0) is 0 Å². The Hall–Kier alpha value is -2.18. The Balaban J connectivity index is 1.69. The predicted octanol–water partition coefficient (Wildman–Crippen LogP) is 5.81. The molecule has 1 aromatic heterocycles. The van der Waals surface area contributed by atoms with Crippen LogP contribution in [0.15, 0.2) is 63.5 Å². The third-order valence-corrected chi connectivity index (χ3v) is 4.61. The van der Waals surface area contributed by atoms with Gasteiger partial charge in [0.05, 0.1) is 18.5 Å². The van der Waals surface area contributed by atoms with E-state index >= 15 is 0 Å².